The summed E-state index contributed by atoms with van der Waals surface area (Å²) in [6, 6.07) is -1.75. The molecular formula is C19H32N4O4. The standard InChI is InChI=1S/C19H32N4O4/c1-12(15(24)20-5)21-16(25)13-8-6-10-22(13)17(26)14-9-7-11-23(14)18(27)19(2,3)4/h12-14H,6-11H2,1-5H3,(H,20,24)(H,21,25)/t12-,13+,14+/m1/s1. The van der Waals surface area contributed by atoms with Gasteiger partial charge in [-0.1, -0.05) is 20.8 Å². The molecule has 0 aliphatic carbocycles. The van der Waals surface area contributed by atoms with Gasteiger partial charge in [-0.3, -0.25) is 19.2 Å². The Morgan fingerprint density at radius 1 is 0.963 bits per heavy atom. The average molecular weight is 380 g/mol. The molecule has 2 N–H and O–H groups in total. The number of likely N-dealkylation sites (N-methyl/N-ethyl adjacent to an activating group) is 1. The second-order valence-electron chi connectivity index (χ2n) is 8.44. The Hall–Kier alpha value is -2.12. The molecule has 0 aromatic carbocycles. The summed E-state index contributed by atoms with van der Waals surface area (Å²) in [6.07, 6.45) is 2.72. The van der Waals surface area contributed by atoms with Crippen LogP contribution in [-0.2, 0) is 19.2 Å². The molecule has 2 aliphatic rings. The Morgan fingerprint density at radius 2 is 1.52 bits per heavy atom. The van der Waals surface area contributed by atoms with Crippen molar-refractivity contribution in [2.24, 2.45) is 5.41 Å². The van der Waals surface area contributed by atoms with Gasteiger partial charge in [0.05, 0.1) is 0 Å². The number of carbonyl (C=O) groups excluding carboxylic acids is 4. The molecule has 4 amide bonds. The van der Waals surface area contributed by atoms with E-state index >= 15 is 0 Å². The first-order valence-corrected chi connectivity index (χ1v) is 9.71. The molecule has 0 saturated carbocycles. The molecule has 0 aromatic rings. The summed E-state index contributed by atoms with van der Waals surface area (Å²) >= 11 is 0. The lowest BCUT2D eigenvalue weighted by Gasteiger charge is -2.34. The minimum Gasteiger partial charge on any atom is -0.357 e. The fraction of sp³-hybridized carbons (Fsp3) is 0.789. The van der Waals surface area contributed by atoms with Crippen molar-refractivity contribution < 1.29 is 19.2 Å². The van der Waals surface area contributed by atoms with Crippen LogP contribution in [0.3, 0.4) is 0 Å². The molecule has 0 bridgehead atoms. The van der Waals surface area contributed by atoms with Crippen LogP contribution in [0.5, 0.6) is 0 Å². The zero-order chi connectivity index (χ0) is 20.4. The third-order valence-electron chi connectivity index (χ3n) is 5.28. The van der Waals surface area contributed by atoms with Crippen LogP contribution in [0.15, 0.2) is 0 Å². The molecule has 2 saturated heterocycles. The fourth-order valence-electron chi connectivity index (χ4n) is 3.78. The molecular weight excluding hydrogens is 348 g/mol. The van der Waals surface area contributed by atoms with E-state index in [0.717, 1.165) is 12.8 Å². The van der Waals surface area contributed by atoms with Crippen molar-refractivity contribution in [1.82, 2.24) is 20.4 Å². The van der Waals surface area contributed by atoms with Gasteiger partial charge < -0.3 is 20.4 Å². The molecule has 152 valence electrons. The summed E-state index contributed by atoms with van der Waals surface area (Å²) in [4.78, 5) is 53.4. The molecule has 0 aromatic heterocycles. The Balaban J connectivity index is 2.09. The zero-order valence-corrected chi connectivity index (χ0v) is 17.0. The Morgan fingerprint density at radius 3 is 2.07 bits per heavy atom. The van der Waals surface area contributed by atoms with Crippen LogP contribution in [0, 0.1) is 5.41 Å². The van der Waals surface area contributed by atoms with E-state index in [4.69, 9.17) is 0 Å². The lowest BCUT2D eigenvalue weighted by atomic mass is 9.94. The number of nitrogens with zero attached hydrogens (tertiary/aromatic N) is 2. The maximum Gasteiger partial charge on any atom is 0.246 e. The molecule has 8 nitrogen and oxygen atoms in total. The van der Waals surface area contributed by atoms with Gasteiger partial charge in [0, 0.05) is 25.6 Å². The lowest BCUT2D eigenvalue weighted by Crippen LogP contribution is -2.56. The van der Waals surface area contributed by atoms with Crippen LogP contribution in [0.4, 0.5) is 0 Å². The second-order valence-corrected chi connectivity index (χ2v) is 8.44. The van der Waals surface area contributed by atoms with Gasteiger partial charge in [-0.15, -0.1) is 0 Å². The molecule has 3 atom stereocenters. The highest BCUT2D eigenvalue weighted by atomic mass is 16.2. The van der Waals surface area contributed by atoms with Crippen LogP contribution in [-0.4, -0.2) is 71.7 Å². The van der Waals surface area contributed by atoms with E-state index in [1.54, 1.807) is 16.7 Å². The van der Waals surface area contributed by atoms with Gasteiger partial charge in [-0.2, -0.15) is 0 Å². The average Bonchev–Trinajstić information content (AvgIpc) is 3.27. The maximum absolute atomic E-state index is 13.2. The Bertz CT molecular complexity index is 613. The number of amides is 4. The first kappa shape index (κ1) is 21.2. The van der Waals surface area contributed by atoms with Gasteiger partial charge in [0.1, 0.15) is 18.1 Å². The molecule has 0 radical (unpaired) electrons. The van der Waals surface area contributed by atoms with E-state index < -0.39 is 23.5 Å². The van der Waals surface area contributed by atoms with Crippen LogP contribution >= 0.6 is 0 Å². The minimum atomic E-state index is -0.662. The first-order valence-electron chi connectivity index (χ1n) is 9.71. The first-order chi connectivity index (χ1) is 12.6. The van der Waals surface area contributed by atoms with Gasteiger partial charge in [0.25, 0.3) is 0 Å². The highest BCUT2D eigenvalue weighted by molar-refractivity contribution is 5.95. The third kappa shape index (κ3) is 4.59. The van der Waals surface area contributed by atoms with Crippen molar-refractivity contribution in [2.45, 2.75) is 71.5 Å². The predicted octanol–water partition coefficient (Wildman–Crippen LogP) is 0.265. The van der Waals surface area contributed by atoms with Crippen molar-refractivity contribution in [3.8, 4) is 0 Å². The van der Waals surface area contributed by atoms with Crippen LogP contribution in [0.1, 0.15) is 53.4 Å². The Kier molecular flexibility index (Phi) is 6.49. The van der Waals surface area contributed by atoms with Gasteiger partial charge in [0.15, 0.2) is 0 Å². The van der Waals surface area contributed by atoms with E-state index in [9.17, 15) is 19.2 Å². The van der Waals surface area contributed by atoms with Gasteiger partial charge in [0.2, 0.25) is 23.6 Å². The Labute approximate surface area is 161 Å². The predicted molar refractivity (Wildman–Crippen MR) is 101 cm³/mol. The zero-order valence-electron chi connectivity index (χ0n) is 17.0. The molecule has 2 fully saturated rings. The summed E-state index contributed by atoms with van der Waals surface area (Å²) in [7, 11) is 1.51. The highest BCUT2D eigenvalue weighted by Gasteiger charge is 2.44. The molecule has 2 heterocycles. The van der Waals surface area contributed by atoms with E-state index in [1.807, 2.05) is 20.8 Å². The van der Waals surface area contributed by atoms with E-state index in [-0.39, 0.29) is 23.6 Å². The number of carbonyl (C=O) groups is 4. The van der Waals surface area contributed by atoms with Crippen LogP contribution in [0.25, 0.3) is 0 Å². The van der Waals surface area contributed by atoms with Gasteiger partial charge >= 0.3 is 0 Å². The van der Waals surface area contributed by atoms with Crippen molar-refractivity contribution in [2.75, 3.05) is 20.1 Å². The monoisotopic (exact) mass is 380 g/mol. The summed E-state index contributed by atoms with van der Waals surface area (Å²) in [5.41, 5.74) is -0.548. The van der Waals surface area contributed by atoms with Crippen LogP contribution in [0.2, 0.25) is 0 Å². The molecule has 2 aliphatic heterocycles. The van der Waals surface area contributed by atoms with E-state index in [1.165, 1.54) is 7.05 Å². The summed E-state index contributed by atoms with van der Waals surface area (Å²) in [5.74, 6) is -0.789. The van der Waals surface area contributed by atoms with Crippen molar-refractivity contribution in [3.05, 3.63) is 0 Å². The van der Waals surface area contributed by atoms with Gasteiger partial charge in [-0.25, -0.2) is 0 Å². The third-order valence-corrected chi connectivity index (χ3v) is 5.28. The maximum atomic E-state index is 13.2. The number of nitrogens with one attached hydrogen (secondary N) is 2. The second kappa shape index (κ2) is 8.27. The largest absolute Gasteiger partial charge is 0.357 e. The molecule has 8 heteroatoms. The van der Waals surface area contributed by atoms with E-state index in [2.05, 4.69) is 10.6 Å². The lowest BCUT2D eigenvalue weighted by molar-refractivity contribution is -0.150. The SMILES string of the molecule is CNC(=O)[C@@H](C)NC(=O)[C@@H]1CCCN1C(=O)[C@@H]1CCCN1C(=O)C(C)(C)C. The summed E-state index contributed by atoms with van der Waals surface area (Å²) in [6.45, 7) is 8.23. The van der Waals surface area contributed by atoms with E-state index in [0.29, 0.717) is 25.9 Å². The molecule has 27 heavy (non-hydrogen) atoms. The highest BCUT2D eigenvalue weighted by Crippen LogP contribution is 2.28. The minimum absolute atomic E-state index is 0.0354. The molecule has 0 unspecified atom stereocenters. The number of hydrogen-bond donors (Lipinski definition) is 2. The fourth-order valence-corrected chi connectivity index (χ4v) is 3.78. The summed E-state index contributed by atoms with van der Waals surface area (Å²) < 4.78 is 0. The normalized spacial score (nSPS) is 23.9. The van der Waals surface area contributed by atoms with Crippen LogP contribution < -0.4 is 10.6 Å². The number of hydrogen-bond acceptors (Lipinski definition) is 4. The topological polar surface area (TPSA) is 98.8 Å². The van der Waals surface area contributed by atoms with Crippen molar-refractivity contribution >= 4 is 23.6 Å². The van der Waals surface area contributed by atoms with Gasteiger partial charge in [-0.05, 0) is 32.6 Å². The van der Waals surface area contributed by atoms with Crippen molar-refractivity contribution in [3.63, 3.8) is 0 Å². The van der Waals surface area contributed by atoms with Crippen molar-refractivity contribution in [1.29, 1.82) is 0 Å². The number of rotatable bonds is 4. The number of likely N-dealkylation sites (tertiary alicyclic amines) is 2. The molecule has 2 rings (SSSR count). The summed E-state index contributed by atoms with van der Waals surface area (Å²) in [5, 5.41) is 5.17. The quantitative estimate of drug-likeness (QED) is 0.731. The smallest absolute Gasteiger partial charge is 0.246 e. The molecule has 0 spiro atoms.